The third-order valence-corrected chi connectivity index (χ3v) is 4.00. The summed E-state index contributed by atoms with van der Waals surface area (Å²) in [5, 5.41) is 0.688. The Balaban J connectivity index is 2.32. The van der Waals surface area contributed by atoms with E-state index in [1.165, 1.54) is 5.75 Å². The Labute approximate surface area is 91.4 Å². The third kappa shape index (κ3) is 3.62. The van der Waals surface area contributed by atoms with Gasteiger partial charge in [-0.1, -0.05) is 20.8 Å². The van der Waals surface area contributed by atoms with Gasteiger partial charge in [0.15, 0.2) is 0 Å². The fourth-order valence-corrected chi connectivity index (χ4v) is 2.72. The smallest absolute Gasteiger partial charge is 0.149 e. The fraction of sp³-hybridized carbons (Fsp3) is 0.909. The molecule has 3 heteroatoms. The summed E-state index contributed by atoms with van der Waals surface area (Å²) in [4.78, 5) is 14.0. The molecule has 1 aliphatic heterocycles. The van der Waals surface area contributed by atoms with E-state index in [2.05, 4.69) is 18.7 Å². The zero-order valence-electron chi connectivity index (χ0n) is 9.45. The summed E-state index contributed by atoms with van der Waals surface area (Å²) in [5.41, 5.74) is 0. The minimum atomic E-state index is 0.236. The highest BCUT2D eigenvalue weighted by Crippen LogP contribution is 2.18. The molecule has 0 aliphatic carbocycles. The molecular formula is C11H21NOS. The van der Waals surface area contributed by atoms with E-state index in [4.69, 9.17) is 0 Å². The lowest BCUT2D eigenvalue weighted by Crippen LogP contribution is -2.41. The molecule has 2 unspecified atom stereocenters. The van der Waals surface area contributed by atoms with Gasteiger partial charge in [0.25, 0.3) is 0 Å². The van der Waals surface area contributed by atoms with E-state index in [9.17, 15) is 4.79 Å². The van der Waals surface area contributed by atoms with Crippen LogP contribution < -0.4 is 0 Å². The van der Waals surface area contributed by atoms with Gasteiger partial charge in [-0.3, -0.25) is 9.69 Å². The van der Waals surface area contributed by atoms with Crippen LogP contribution in [0.4, 0.5) is 0 Å². The number of nitrogens with zero attached hydrogens (tertiary/aromatic N) is 1. The lowest BCUT2D eigenvalue weighted by atomic mass is 10.0. The van der Waals surface area contributed by atoms with Crippen LogP contribution >= 0.6 is 11.8 Å². The van der Waals surface area contributed by atoms with E-state index in [-0.39, 0.29) is 5.92 Å². The SMILES string of the molecule is CCC(C)C(=O)CN1CCSC(C)C1. The summed E-state index contributed by atoms with van der Waals surface area (Å²) in [6, 6.07) is 0. The minimum absolute atomic E-state index is 0.236. The van der Waals surface area contributed by atoms with Crippen molar-refractivity contribution in [2.75, 3.05) is 25.4 Å². The summed E-state index contributed by atoms with van der Waals surface area (Å²) in [6.07, 6.45) is 0.969. The monoisotopic (exact) mass is 215 g/mol. The van der Waals surface area contributed by atoms with Gasteiger partial charge >= 0.3 is 0 Å². The van der Waals surface area contributed by atoms with Gasteiger partial charge in [-0.25, -0.2) is 0 Å². The van der Waals surface area contributed by atoms with E-state index in [0.29, 0.717) is 17.6 Å². The van der Waals surface area contributed by atoms with Crippen LogP contribution in [0, 0.1) is 5.92 Å². The Morgan fingerprint density at radius 3 is 2.93 bits per heavy atom. The molecule has 0 spiro atoms. The average Bonchev–Trinajstić information content (AvgIpc) is 2.16. The van der Waals surface area contributed by atoms with Gasteiger partial charge in [0.05, 0.1) is 6.54 Å². The number of hydrogen-bond acceptors (Lipinski definition) is 3. The lowest BCUT2D eigenvalue weighted by molar-refractivity contribution is -0.123. The molecule has 14 heavy (non-hydrogen) atoms. The van der Waals surface area contributed by atoms with Crippen molar-refractivity contribution in [2.24, 2.45) is 5.92 Å². The molecule has 0 aromatic rings. The molecule has 2 atom stereocenters. The highest BCUT2D eigenvalue weighted by molar-refractivity contribution is 7.99. The number of thioether (sulfide) groups is 1. The van der Waals surface area contributed by atoms with E-state index in [1.807, 2.05) is 18.7 Å². The number of carbonyl (C=O) groups is 1. The van der Waals surface area contributed by atoms with Crippen LogP contribution in [0.25, 0.3) is 0 Å². The zero-order valence-corrected chi connectivity index (χ0v) is 10.3. The van der Waals surface area contributed by atoms with Crippen molar-refractivity contribution >= 4 is 17.5 Å². The molecule has 2 nitrogen and oxygen atoms in total. The van der Waals surface area contributed by atoms with Gasteiger partial charge in [0.1, 0.15) is 5.78 Å². The molecule has 1 fully saturated rings. The first-order chi connectivity index (χ1) is 6.63. The van der Waals surface area contributed by atoms with Crippen LogP contribution in [0.15, 0.2) is 0 Å². The normalized spacial score (nSPS) is 26.1. The topological polar surface area (TPSA) is 20.3 Å². The van der Waals surface area contributed by atoms with Crippen LogP contribution in [0.3, 0.4) is 0 Å². The number of rotatable bonds is 4. The standard InChI is InChI=1S/C11H21NOS/c1-4-9(2)11(13)8-12-5-6-14-10(3)7-12/h9-10H,4-8H2,1-3H3. The molecule has 0 radical (unpaired) electrons. The lowest BCUT2D eigenvalue weighted by Gasteiger charge is -2.30. The second kappa shape index (κ2) is 5.76. The largest absolute Gasteiger partial charge is 0.298 e. The van der Waals surface area contributed by atoms with Gasteiger partial charge in [0.2, 0.25) is 0 Å². The van der Waals surface area contributed by atoms with Crippen molar-refractivity contribution < 1.29 is 4.79 Å². The quantitative estimate of drug-likeness (QED) is 0.716. The van der Waals surface area contributed by atoms with Gasteiger partial charge in [-0.2, -0.15) is 11.8 Å². The summed E-state index contributed by atoms with van der Waals surface area (Å²) < 4.78 is 0. The van der Waals surface area contributed by atoms with E-state index >= 15 is 0 Å². The van der Waals surface area contributed by atoms with Crippen molar-refractivity contribution in [1.29, 1.82) is 0 Å². The first-order valence-electron chi connectivity index (χ1n) is 5.50. The van der Waals surface area contributed by atoms with Gasteiger partial charge in [-0.15, -0.1) is 0 Å². The average molecular weight is 215 g/mol. The van der Waals surface area contributed by atoms with Crippen LogP contribution in [-0.4, -0.2) is 41.3 Å². The number of carbonyl (C=O) groups excluding carboxylic acids is 1. The Bertz CT molecular complexity index is 196. The molecule has 1 aliphatic rings. The van der Waals surface area contributed by atoms with Crippen molar-refractivity contribution in [3.05, 3.63) is 0 Å². The van der Waals surface area contributed by atoms with Gasteiger partial charge < -0.3 is 0 Å². The molecule has 1 heterocycles. The van der Waals surface area contributed by atoms with E-state index < -0.39 is 0 Å². The third-order valence-electron chi connectivity index (χ3n) is 2.87. The summed E-state index contributed by atoms with van der Waals surface area (Å²) in [5.74, 6) is 1.82. The summed E-state index contributed by atoms with van der Waals surface area (Å²) >= 11 is 2.01. The molecule has 82 valence electrons. The molecule has 1 saturated heterocycles. The van der Waals surface area contributed by atoms with Crippen LogP contribution in [-0.2, 0) is 4.79 Å². The molecular weight excluding hydrogens is 194 g/mol. The second-order valence-corrected chi connectivity index (χ2v) is 5.74. The maximum atomic E-state index is 11.7. The highest BCUT2D eigenvalue weighted by Gasteiger charge is 2.20. The van der Waals surface area contributed by atoms with E-state index in [0.717, 1.165) is 19.5 Å². The Kier molecular flexibility index (Phi) is 4.96. The maximum Gasteiger partial charge on any atom is 0.149 e. The Morgan fingerprint density at radius 2 is 2.36 bits per heavy atom. The number of Topliss-reactive ketones (excluding diaryl/α,β-unsaturated/α-hetero) is 1. The fourth-order valence-electron chi connectivity index (χ4n) is 1.64. The van der Waals surface area contributed by atoms with E-state index in [1.54, 1.807) is 0 Å². The molecule has 0 aromatic heterocycles. The van der Waals surface area contributed by atoms with Crippen molar-refractivity contribution in [3.63, 3.8) is 0 Å². The van der Waals surface area contributed by atoms with Crippen LogP contribution in [0.2, 0.25) is 0 Å². The summed E-state index contributed by atoms with van der Waals surface area (Å²) in [7, 11) is 0. The highest BCUT2D eigenvalue weighted by atomic mass is 32.2. The maximum absolute atomic E-state index is 11.7. The number of hydrogen-bond donors (Lipinski definition) is 0. The molecule has 0 bridgehead atoms. The molecule has 0 saturated carbocycles. The molecule has 1 rings (SSSR count). The van der Waals surface area contributed by atoms with Crippen molar-refractivity contribution in [1.82, 2.24) is 4.90 Å². The van der Waals surface area contributed by atoms with Crippen molar-refractivity contribution in [3.8, 4) is 0 Å². The van der Waals surface area contributed by atoms with Gasteiger partial charge in [-0.05, 0) is 6.42 Å². The number of ketones is 1. The van der Waals surface area contributed by atoms with Gasteiger partial charge in [0, 0.05) is 30.0 Å². The van der Waals surface area contributed by atoms with Crippen LogP contribution in [0.5, 0.6) is 0 Å². The zero-order chi connectivity index (χ0) is 10.6. The first-order valence-corrected chi connectivity index (χ1v) is 6.55. The second-order valence-electron chi connectivity index (χ2n) is 4.19. The minimum Gasteiger partial charge on any atom is -0.298 e. The summed E-state index contributed by atoms with van der Waals surface area (Å²) in [6.45, 7) is 9.18. The Morgan fingerprint density at radius 1 is 1.64 bits per heavy atom. The Hall–Kier alpha value is -0.0200. The predicted octanol–water partition coefficient (Wildman–Crippen LogP) is 2.04. The van der Waals surface area contributed by atoms with Crippen LogP contribution in [0.1, 0.15) is 27.2 Å². The molecule has 0 N–H and O–H groups in total. The predicted molar refractivity (Wildman–Crippen MR) is 62.8 cm³/mol. The molecule has 0 aromatic carbocycles. The first kappa shape index (κ1) is 12.1. The molecule has 0 amide bonds. The van der Waals surface area contributed by atoms with Crippen molar-refractivity contribution in [2.45, 2.75) is 32.4 Å².